The van der Waals surface area contributed by atoms with Crippen LogP contribution in [0.2, 0.25) is 0 Å². The molecule has 5 nitrogen and oxygen atoms in total. The highest BCUT2D eigenvalue weighted by Crippen LogP contribution is 2.29. The maximum Gasteiger partial charge on any atom is 0.248 e. The van der Waals surface area contributed by atoms with E-state index in [1.165, 1.54) is 5.56 Å². The highest BCUT2D eigenvalue weighted by Gasteiger charge is 2.11. The summed E-state index contributed by atoms with van der Waals surface area (Å²) >= 11 is 0. The van der Waals surface area contributed by atoms with Crippen LogP contribution in [0.5, 0.6) is 17.2 Å². The Morgan fingerprint density at radius 2 is 0.909 bits per heavy atom. The fourth-order valence-corrected chi connectivity index (χ4v) is 3.45. The third-order valence-corrected chi connectivity index (χ3v) is 5.34. The van der Waals surface area contributed by atoms with Crippen molar-refractivity contribution in [3.8, 4) is 51.3 Å². The zero-order valence-electron chi connectivity index (χ0n) is 18.4. The number of rotatable bonds is 6. The van der Waals surface area contributed by atoms with Crippen molar-refractivity contribution in [1.82, 2.24) is 10.2 Å². The Labute approximate surface area is 192 Å². The number of methoxy groups -OCH3 is 1. The lowest BCUT2D eigenvalue weighted by Gasteiger charge is -2.08. The first kappa shape index (κ1) is 20.5. The van der Waals surface area contributed by atoms with Crippen molar-refractivity contribution in [2.24, 2.45) is 0 Å². The summed E-state index contributed by atoms with van der Waals surface area (Å²) < 4.78 is 17.1. The van der Waals surface area contributed by atoms with E-state index in [4.69, 9.17) is 13.9 Å². The molecule has 0 unspecified atom stereocenters. The average molecular weight is 434 g/mol. The summed E-state index contributed by atoms with van der Waals surface area (Å²) in [6, 6.07) is 31.6. The highest BCUT2D eigenvalue weighted by molar-refractivity contribution is 5.65. The minimum atomic E-state index is 0.473. The van der Waals surface area contributed by atoms with E-state index in [0.717, 1.165) is 39.5 Å². The van der Waals surface area contributed by atoms with Crippen LogP contribution in [-0.4, -0.2) is 17.3 Å². The predicted molar refractivity (Wildman–Crippen MR) is 128 cm³/mol. The standard InChI is InChI=1S/C28H22N2O3/c1-19-3-5-22(6-4-19)27-29-30-28(33-27)23-11-17-26(18-12-23)32-25-15-9-21(10-16-25)20-7-13-24(31-2)14-8-20/h3-18H,1-2H3. The van der Waals surface area contributed by atoms with E-state index in [0.29, 0.717) is 11.8 Å². The van der Waals surface area contributed by atoms with Gasteiger partial charge in [0.25, 0.3) is 0 Å². The van der Waals surface area contributed by atoms with Gasteiger partial charge in [-0.1, -0.05) is 42.0 Å². The van der Waals surface area contributed by atoms with Gasteiger partial charge in [0.05, 0.1) is 7.11 Å². The number of ether oxygens (including phenoxy) is 2. The maximum atomic E-state index is 6.00. The summed E-state index contributed by atoms with van der Waals surface area (Å²) in [4.78, 5) is 0. The lowest BCUT2D eigenvalue weighted by molar-refractivity contribution is 0.415. The van der Waals surface area contributed by atoms with E-state index in [9.17, 15) is 0 Å². The number of benzene rings is 4. The Kier molecular flexibility index (Phi) is 5.60. The second-order valence-corrected chi connectivity index (χ2v) is 7.66. The van der Waals surface area contributed by atoms with Crippen molar-refractivity contribution < 1.29 is 13.9 Å². The van der Waals surface area contributed by atoms with Crippen molar-refractivity contribution in [2.75, 3.05) is 7.11 Å². The van der Waals surface area contributed by atoms with Gasteiger partial charge in [0.1, 0.15) is 17.2 Å². The first-order chi connectivity index (χ1) is 16.2. The molecule has 0 fully saturated rings. The minimum Gasteiger partial charge on any atom is -0.497 e. The Morgan fingerprint density at radius 1 is 0.515 bits per heavy atom. The number of aromatic nitrogens is 2. The largest absolute Gasteiger partial charge is 0.497 e. The minimum absolute atomic E-state index is 0.473. The number of hydrogen-bond donors (Lipinski definition) is 0. The van der Waals surface area contributed by atoms with Gasteiger partial charge in [0.2, 0.25) is 11.8 Å². The Balaban J connectivity index is 1.27. The zero-order valence-corrected chi connectivity index (χ0v) is 18.4. The van der Waals surface area contributed by atoms with Crippen molar-refractivity contribution in [2.45, 2.75) is 6.92 Å². The number of nitrogens with zero attached hydrogens (tertiary/aromatic N) is 2. The second-order valence-electron chi connectivity index (χ2n) is 7.66. The fraction of sp³-hybridized carbons (Fsp3) is 0.0714. The normalized spacial score (nSPS) is 10.7. The van der Waals surface area contributed by atoms with Crippen LogP contribution >= 0.6 is 0 Å². The van der Waals surface area contributed by atoms with Gasteiger partial charge in [0, 0.05) is 11.1 Å². The Morgan fingerprint density at radius 3 is 1.36 bits per heavy atom. The van der Waals surface area contributed by atoms with Crippen molar-refractivity contribution in [3.63, 3.8) is 0 Å². The molecule has 0 aliphatic carbocycles. The van der Waals surface area contributed by atoms with Crippen LogP contribution in [0.15, 0.2) is 101 Å². The van der Waals surface area contributed by atoms with Crippen molar-refractivity contribution in [1.29, 1.82) is 0 Å². The molecular formula is C28H22N2O3. The molecule has 1 heterocycles. The molecule has 0 aliphatic heterocycles. The lowest BCUT2D eigenvalue weighted by Crippen LogP contribution is -1.86. The summed E-state index contributed by atoms with van der Waals surface area (Å²) in [6.07, 6.45) is 0. The van der Waals surface area contributed by atoms with Gasteiger partial charge in [-0.3, -0.25) is 0 Å². The first-order valence-electron chi connectivity index (χ1n) is 10.6. The summed E-state index contributed by atoms with van der Waals surface area (Å²) in [7, 11) is 1.67. The predicted octanol–water partition coefficient (Wildman–Crippen LogP) is 7.18. The molecule has 0 radical (unpaired) electrons. The Bertz CT molecular complexity index is 1340. The smallest absolute Gasteiger partial charge is 0.248 e. The molecule has 0 bridgehead atoms. The van der Waals surface area contributed by atoms with Gasteiger partial charge in [-0.15, -0.1) is 10.2 Å². The van der Waals surface area contributed by atoms with Crippen molar-refractivity contribution >= 4 is 0 Å². The summed E-state index contributed by atoms with van der Waals surface area (Å²) in [5.74, 6) is 3.31. The lowest BCUT2D eigenvalue weighted by atomic mass is 10.1. The summed E-state index contributed by atoms with van der Waals surface area (Å²) in [5.41, 5.74) is 5.15. The molecule has 162 valence electrons. The van der Waals surface area contributed by atoms with Gasteiger partial charge < -0.3 is 13.9 Å². The molecule has 0 aliphatic rings. The monoisotopic (exact) mass is 434 g/mol. The summed E-state index contributed by atoms with van der Waals surface area (Å²) in [5, 5.41) is 8.35. The van der Waals surface area contributed by atoms with E-state index in [-0.39, 0.29) is 0 Å². The maximum absolute atomic E-state index is 6.00. The SMILES string of the molecule is COc1ccc(-c2ccc(Oc3ccc(-c4nnc(-c5ccc(C)cc5)o4)cc3)cc2)cc1. The van der Waals surface area contributed by atoms with Crippen molar-refractivity contribution in [3.05, 3.63) is 103 Å². The highest BCUT2D eigenvalue weighted by atomic mass is 16.5. The van der Waals surface area contributed by atoms with Gasteiger partial charge in [-0.05, 0) is 78.7 Å². The quantitative estimate of drug-likeness (QED) is 0.283. The summed E-state index contributed by atoms with van der Waals surface area (Å²) in [6.45, 7) is 2.04. The molecule has 5 aromatic rings. The third kappa shape index (κ3) is 4.62. The van der Waals surface area contributed by atoms with E-state index < -0.39 is 0 Å². The zero-order chi connectivity index (χ0) is 22.6. The van der Waals surface area contributed by atoms with E-state index in [1.807, 2.05) is 104 Å². The molecule has 0 atom stereocenters. The van der Waals surface area contributed by atoms with Gasteiger partial charge in [-0.2, -0.15) is 0 Å². The molecule has 33 heavy (non-hydrogen) atoms. The van der Waals surface area contributed by atoms with E-state index >= 15 is 0 Å². The van der Waals surface area contributed by atoms with Gasteiger partial charge in [0.15, 0.2) is 0 Å². The average Bonchev–Trinajstić information content (AvgIpc) is 3.36. The molecule has 0 N–H and O–H groups in total. The number of hydrogen-bond acceptors (Lipinski definition) is 5. The molecule has 0 amide bonds. The van der Waals surface area contributed by atoms with Gasteiger partial charge in [-0.25, -0.2) is 0 Å². The molecule has 1 aromatic heterocycles. The topological polar surface area (TPSA) is 57.4 Å². The van der Waals surface area contributed by atoms with E-state index in [2.05, 4.69) is 10.2 Å². The molecule has 5 rings (SSSR count). The van der Waals surface area contributed by atoms with Crippen LogP contribution in [0, 0.1) is 6.92 Å². The van der Waals surface area contributed by atoms with Crippen LogP contribution in [0.3, 0.4) is 0 Å². The Hall–Kier alpha value is -4.38. The molecule has 5 heteroatoms. The third-order valence-electron chi connectivity index (χ3n) is 5.34. The molecule has 4 aromatic carbocycles. The molecule has 0 saturated heterocycles. The van der Waals surface area contributed by atoms with Crippen LogP contribution in [0.25, 0.3) is 34.0 Å². The van der Waals surface area contributed by atoms with Crippen LogP contribution < -0.4 is 9.47 Å². The molecular weight excluding hydrogens is 412 g/mol. The van der Waals surface area contributed by atoms with Crippen LogP contribution in [-0.2, 0) is 0 Å². The second kappa shape index (κ2) is 9.01. The number of aryl methyl sites for hydroxylation is 1. The fourth-order valence-electron chi connectivity index (χ4n) is 3.45. The van der Waals surface area contributed by atoms with E-state index in [1.54, 1.807) is 7.11 Å². The molecule has 0 spiro atoms. The molecule has 0 saturated carbocycles. The van der Waals surface area contributed by atoms with Crippen LogP contribution in [0.4, 0.5) is 0 Å². The van der Waals surface area contributed by atoms with Gasteiger partial charge >= 0.3 is 0 Å². The van der Waals surface area contributed by atoms with Crippen LogP contribution in [0.1, 0.15) is 5.56 Å². The first-order valence-corrected chi connectivity index (χ1v) is 10.6.